The van der Waals surface area contributed by atoms with Gasteiger partial charge in [-0.15, -0.1) is 5.11 Å². The Labute approximate surface area is 219 Å². The summed E-state index contributed by atoms with van der Waals surface area (Å²) in [6.07, 6.45) is 2.85. The maximum absolute atomic E-state index is 14.2. The van der Waals surface area contributed by atoms with E-state index in [-0.39, 0.29) is 24.4 Å². The minimum atomic E-state index is -0.486. The second-order valence-electron chi connectivity index (χ2n) is 9.01. The number of benzene rings is 1. The van der Waals surface area contributed by atoms with Crippen LogP contribution in [0.1, 0.15) is 17.3 Å². The summed E-state index contributed by atoms with van der Waals surface area (Å²) < 4.78 is 19.5. The number of aromatic nitrogens is 3. The first kappa shape index (κ1) is 25.4. The highest BCUT2D eigenvalue weighted by atomic mass is 35.5. The molecule has 1 aromatic carbocycles. The molecule has 2 N–H and O–H groups in total. The number of anilines is 3. The van der Waals surface area contributed by atoms with Gasteiger partial charge < -0.3 is 25.2 Å². The van der Waals surface area contributed by atoms with Crippen molar-refractivity contribution in [1.82, 2.24) is 25.2 Å². The number of piperazine rings is 1. The maximum atomic E-state index is 14.2. The lowest BCUT2D eigenvalue weighted by molar-refractivity contribution is 0.122. The Hall–Kier alpha value is -3.25. The third-order valence-electron chi connectivity index (χ3n) is 6.28. The number of azo groups is 1. The van der Waals surface area contributed by atoms with E-state index in [4.69, 9.17) is 16.3 Å². The SMILES string of the molecule is CN1CCNC(c2ccc(Nc3ccc(CN=Nc4ncc(F)c(N5CCOCC5)n4)nc3)cc2Cl)C1. The van der Waals surface area contributed by atoms with Gasteiger partial charge >= 0.3 is 0 Å². The normalized spacial score (nSPS) is 18.9. The second-order valence-corrected chi connectivity index (χ2v) is 9.42. The Kier molecular flexibility index (Phi) is 8.15. The highest BCUT2D eigenvalue weighted by Gasteiger charge is 2.20. The molecule has 5 rings (SSSR count). The monoisotopic (exact) mass is 525 g/mol. The van der Waals surface area contributed by atoms with E-state index in [9.17, 15) is 4.39 Å². The van der Waals surface area contributed by atoms with Crippen molar-refractivity contribution < 1.29 is 9.13 Å². The molecule has 2 saturated heterocycles. The third-order valence-corrected chi connectivity index (χ3v) is 6.61. The first-order valence-corrected chi connectivity index (χ1v) is 12.6. The summed E-state index contributed by atoms with van der Waals surface area (Å²) in [5, 5.41) is 15.8. The summed E-state index contributed by atoms with van der Waals surface area (Å²) in [6.45, 7) is 5.36. The topological polar surface area (TPSA) is 103 Å². The van der Waals surface area contributed by atoms with Crippen LogP contribution in [-0.4, -0.2) is 72.8 Å². The zero-order chi connectivity index (χ0) is 25.6. The number of pyridine rings is 1. The Morgan fingerprint density at radius 3 is 2.73 bits per heavy atom. The van der Waals surface area contributed by atoms with Gasteiger partial charge in [0.15, 0.2) is 11.6 Å². The largest absolute Gasteiger partial charge is 0.378 e. The van der Waals surface area contributed by atoms with Gasteiger partial charge in [-0.1, -0.05) is 17.7 Å². The quantitative estimate of drug-likeness (QED) is 0.444. The molecule has 2 aliphatic rings. The molecule has 2 aromatic heterocycles. The number of hydrogen-bond donors (Lipinski definition) is 2. The molecule has 10 nitrogen and oxygen atoms in total. The Morgan fingerprint density at radius 2 is 1.97 bits per heavy atom. The van der Waals surface area contributed by atoms with Gasteiger partial charge in [-0.2, -0.15) is 10.1 Å². The van der Waals surface area contributed by atoms with Crippen LogP contribution in [0, 0.1) is 5.82 Å². The number of morpholine rings is 1. The van der Waals surface area contributed by atoms with Crippen LogP contribution in [0.25, 0.3) is 0 Å². The van der Waals surface area contributed by atoms with Crippen molar-refractivity contribution in [2.75, 3.05) is 63.2 Å². The molecule has 194 valence electrons. The number of likely N-dealkylation sites (N-methyl/N-ethyl adjacent to an activating group) is 1. The first-order chi connectivity index (χ1) is 18.0. The number of nitrogens with zero attached hydrogens (tertiary/aromatic N) is 7. The van der Waals surface area contributed by atoms with Gasteiger partial charge in [-0.3, -0.25) is 4.98 Å². The van der Waals surface area contributed by atoms with Gasteiger partial charge in [0.1, 0.15) is 6.54 Å². The van der Waals surface area contributed by atoms with Crippen LogP contribution in [-0.2, 0) is 11.3 Å². The summed E-state index contributed by atoms with van der Waals surface area (Å²) in [4.78, 5) is 16.7. The van der Waals surface area contributed by atoms with E-state index >= 15 is 0 Å². The Bertz CT molecular complexity index is 1240. The van der Waals surface area contributed by atoms with E-state index in [1.165, 1.54) is 0 Å². The predicted molar refractivity (Wildman–Crippen MR) is 140 cm³/mol. The second kappa shape index (κ2) is 11.9. The molecular formula is C25H29ClFN9O. The van der Waals surface area contributed by atoms with E-state index in [0.717, 1.165) is 53.5 Å². The molecule has 0 aliphatic carbocycles. The van der Waals surface area contributed by atoms with Gasteiger partial charge in [-0.25, -0.2) is 9.37 Å². The third kappa shape index (κ3) is 6.55. The van der Waals surface area contributed by atoms with Crippen molar-refractivity contribution in [2.45, 2.75) is 12.6 Å². The molecule has 4 heterocycles. The maximum Gasteiger partial charge on any atom is 0.270 e. The summed E-state index contributed by atoms with van der Waals surface area (Å²) in [6, 6.07) is 10.0. The summed E-state index contributed by atoms with van der Waals surface area (Å²) in [7, 11) is 2.12. The molecule has 0 saturated carbocycles. The average Bonchev–Trinajstić information content (AvgIpc) is 2.91. The molecule has 37 heavy (non-hydrogen) atoms. The number of halogens is 2. The van der Waals surface area contributed by atoms with Crippen molar-refractivity contribution in [1.29, 1.82) is 0 Å². The highest BCUT2D eigenvalue weighted by molar-refractivity contribution is 6.31. The van der Waals surface area contributed by atoms with Crippen molar-refractivity contribution >= 4 is 34.7 Å². The molecule has 0 radical (unpaired) electrons. The van der Waals surface area contributed by atoms with Crippen LogP contribution in [0.2, 0.25) is 5.02 Å². The lowest BCUT2D eigenvalue weighted by Gasteiger charge is -2.31. The van der Waals surface area contributed by atoms with E-state index in [2.05, 4.69) is 53.8 Å². The van der Waals surface area contributed by atoms with Gasteiger partial charge in [0.25, 0.3) is 5.95 Å². The molecule has 1 atom stereocenters. The number of rotatable bonds is 7. The average molecular weight is 526 g/mol. The Morgan fingerprint density at radius 1 is 1.14 bits per heavy atom. The van der Waals surface area contributed by atoms with Gasteiger partial charge in [0.05, 0.1) is 37.0 Å². The van der Waals surface area contributed by atoms with Gasteiger partial charge in [0.2, 0.25) is 0 Å². The minimum absolute atomic E-state index is 0.108. The van der Waals surface area contributed by atoms with Crippen molar-refractivity contribution in [3.05, 3.63) is 64.8 Å². The minimum Gasteiger partial charge on any atom is -0.378 e. The Balaban J connectivity index is 1.17. The molecule has 0 amide bonds. The zero-order valence-corrected chi connectivity index (χ0v) is 21.3. The van der Waals surface area contributed by atoms with Crippen LogP contribution in [0.5, 0.6) is 0 Å². The summed E-state index contributed by atoms with van der Waals surface area (Å²) in [5.74, 6) is -0.160. The highest BCUT2D eigenvalue weighted by Crippen LogP contribution is 2.29. The van der Waals surface area contributed by atoms with E-state index in [1.54, 1.807) is 6.20 Å². The summed E-state index contributed by atoms with van der Waals surface area (Å²) in [5.41, 5.74) is 3.54. The smallest absolute Gasteiger partial charge is 0.270 e. The predicted octanol–water partition coefficient (Wildman–Crippen LogP) is 4.10. The molecule has 12 heteroatoms. The molecule has 1 unspecified atom stereocenters. The van der Waals surface area contributed by atoms with Crippen LogP contribution in [0.3, 0.4) is 0 Å². The fourth-order valence-corrected chi connectivity index (χ4v) is 4.63. The number of ether oxygens (including phenoxy) is 1. The standard InChI is InChI=1S/C25H29ClFN9O/c1-35-7-6-28-23(16-35)20-5-4-17(12-21(20)26)32-19-3-2-18(29-13-19)14-31-34-25-30-15-22(27)24(33-25)36-8-10-37-11-9-36/h2-5,12-13,15,23,28,32H,6-11,14,16H2,1H3. The lowest BCUT2D eigenvalue weighted by Crippen LogP contribution is -2.43. The molecule has 2 aliphatic heterocycles. The number of nitrogens with one attached hydrogen (secondary N) is 2. The summed E-state index contributed by atoms with van der Waals surface area (Å²) >= 11 is 6.60. The lowest BCUT2D eigenvalue weighted by atomic mass is 10.0. The van der Waals surface area contributed by atoms with Crippen molar-refractivity contribution in [2.24, 2.45) is 10.2 Å². The molecule has 0 spiro atoms. The van der Waals surface area contributed by atoms with Crippen LogP contribution in [0.4, 0.5) is 27.5 Å². The fourth-order valence-electron chi connectivity index (χ4n) is 4.32. The van der Waals surface area contributed by atoms with Crippen molar-refractivity contribution in [3.63, 3.8) is 0 Å². The molecule has 0 bridgehead atoms. The van der Waals surface area contributed by atoms with E-state index in [0.29, 0.717) is 26.3 Å². The van der Waals surface area contributed by atoms with Crippen LogP contribution < -0.4 is 15.5 Å². The van der Waals surface area contributed by atoms with Crippen LogP contribution in [0.15, 0.2) is 53.0 Å². The molecule has 3 aromatic rings. The van der Waals surface area contributed by atoms with E-state index in [1.807, 2.05) is 29.2 Å². The fraction of sp³-hybridized carbons (Fsp3) is 0.400. The van der Waals surface area contributed by atoms with E-state index < -0.39 is 5.82 Å². The first-order valence-electron chi connectivity index (χ1n) is 12.2. The zero-order valence-electron chi connectivity index (χ0n) is 20.6. The van der Waals surface area contributed by atoms with Gasteiger partial charge in [-0.05, 0) is 36.9 Å². The molecular weight excluding hydrogens is 497 g/mol. The molecule has 2 fully saturated rings. The van der Waals surface area contributed by atoms with Crippen molar-refractivity contribution in [3.8, 4) is 0 Å². The van der Waals surface area contributed by atoms with Crippen LogP contribution >= 0.6 is 11.6 Å². The van der Waals surface area contributed by atoms with Gasteiger partial charge in [0, 0.05) is 49.5 Å². The number of hydrogen-bond acceptors (Lipinski definition) is 10.